The van der Waals surface area contributed by atoms with Crippen LogP contribution < -0.4 is 0 Å². The van der Waals surface area contributed by atoms with Crippen LogP contribution in [-0.4, -0.2) is 72.9 Å². The van der Waals surface area contributed by atoms with Crippen molar-refractivity contribution < 1.29 is 19.4 Å². The third kappa shape index (κ3) is 6.40. The first kappa shape index (κ1) is 19.8. The first-order valence-electron chi connectivity index (χ1n) is 8.66. The molecule has 1 saturated heterocycles. The summed E-state index contributed by atoms with van der Waals surface area (Å²) in [6.45, 7) is 7.13. The average Bonchev–Trinajstić information content (AvgIpc) is 2.54. The van der Waals surface area contributed by atoms with Gasteiger partial charge in [0, 0.05) is 33.7 Å². The maximum atomic E-state index is 11.6. The lowest BCUT2D eigenvalue weighted by Crippen LogP contribution is -2.53. The van der Waals surface area contributed by atoms with Crippen LogP contribution >= 0.6 is 0 Å². The molecular formula is C19H30N2O4. The molecule has 2 rings (SSSR count). The van der Waals surface area contributed by atoms with Crippen molar-refractivity contribution in [2.45, 2.75) is 38.7 Å². The van der Waals surface area contributed by atoms with E-state index in [1.54, 1.807) is 14.1 Å². The zero-order chi connectivity index (χ0) is 18.4. The summed E-state index contributed by atoms with van der Waals surface area (Å²) >= 11 is 0. The first-order chi connectivity index (χ1) is 11.8. The molecule has 0 radical (unpaired) electrons. The van der Waals surface area contributed by atoms with Crippen molar-refractivity contribution in [1.29, 1.82) is 0 Å². The molecule has 0 spiro atoms. The second-order valence-corrected chi connectivity index (χ2v) is 7.45. The number of likely N-dealkylation sites (N-methyl/N-ethyl adjacent to an activating group) is 1. The van der Waals surface area contributed by atoms with Crippen molar-refractivity contribution >= 4 is 5.91 Å². The molecule has 1 aliphatic heterocycles. The van der Waals surface area contributed by atoms with Crippen LogP contribution in [0.5, 0.6) is 0 Å². The predicted molar refractivity (Wildman–Crippen MR) is 96.1 cm³/mol. The summed E-state index contributed by atoms with van der Waals surface area (Å²) in [4.78, 5) is 15.5. The second kappa shape index (κ2) is 8.76. The van der Waals surface area contributed by atoms with Gasteiger partial charge in [-0.1, -0.05) is 24.3 Å². The van der Waals surface area contributed by atoms with Crippen LogP contribution in [0.1, 0.15) is 25.0 Å². The van der Waals surface area contributed by atoms with E-state index in [1.807, 2.05) is 12.1 Å². The Kier molecular flexibility index (Phi) is 6.95. The molecule has 1 aromatic rings. The molecule has 1 fully saturated rings. The van der Waals surface area contributed by atoms with Gasteiger partial charge >= 0.3 is 0 Å². The minimum absolute atomic E-state index is 0.0455. The fourth-order valence-corrected chi connectivity index (χ4v) is 3.04. The standard InChI is InChI=1S/C19H30N2O4/c1-19(2)14-21(9-15-5-7-16(11-22)8-6-15)10-17(25-19)12-24-13-18(23)20(3)4/h5-8,17,22H,9-14H2,1-4H3/t17-/m1/s1. The number of aliphatic hydroxyl groups is 1. The van der Waals surface area contributed by atoms with E-state index >= 15 is 0 Å². The van der Waals surface area contributed by atoms with E-state index in [-0.39, 0.29) is 30.8 Å². The molecule has 140 valence electrons. The molecule has 1 aliphatic rings. The number of carbonyl (C=O) groups excluding carboxylic acids is 1. The van der Waals surface area contributed by atoms with Gasteiger partial charge in [-0.25, -0.2) is 0 Å². The van der Waals surface area contributed by atoms with Crippen LogP contribution in [0.4, 0.5) is 0 Å². The van der Waals surface area contributed by atoms with E-state index in [2.05, 4.69) is 30.9 Å². The Bertz CT molecular complexity index is 557. The fourth-order valence-electron chi connectivity index (χ4n) is 3.04. The van der Waals surface area contributed by atoms with Gasteiger partial charge in [0.05, 0.1) is 24.9 Å². The van der Waals surface area contributed by atoms with E-state index in [0.29, 0.717) is 6.61 Å². The van der Waals surface area contributed by atoms with Crippen LogP contribution in [-0.2, 0) is 27.4 Å². The van der Waals surface area contributed by atoms with Crippen molar-refractivity contribution in [2.75, 3.05) is 40.4 Å². The summed E-state index contributed by atoms with van der Waals surface area (Å²) in [7, 11) is 3.44. The van der Waals surface area contributed by atoms with Crippen molar-refractivity contribution in [1.82, 2.24) is 9.80 Å². The number of aliphatic hydroxyl groups excluding tert-OH is 1. The Morgan fingerprint density at radius 1 is 1.32 bits per heavy atom. The van der Waals surface area contributed by atoms with Crippen LogP contribution in [0.3, 0.4) is 0 Å². The molecule has 0 unspecified atom stereocenters. The monoisotopic (exact) mass is 350 g/mol. The number of carbonyl (C=O) groups is 1. The summed E-state index contributed by atoms with van der Waals surface area (Å²) in [6.07, 6.45) is -0.0598. The lowest BCUT2D eigenvalue weighted by Gasteiger charge is -2.42. The summed E-state index contributed by atoms with van der Waals surface area (Å²) in [5.74, 6) is -0.0455. The van der Waals surface area contributed by atoms with E-state index in [0.717, 1.165) is 25.2 Å². The number of hydrogen-bond donors (Lipinski definition) is 1. The first-order valence-corrected chi connectivity index (χ1v) is 8.66. The van der Waals surface area contributed by atoms with Gasteiger partial charge < -0.3 is 19.5 Å². The van der Waals surface area contributed by atoms with Crippen molar-refractivity contribution in [3.8, 4) is 0 Å². The minimum atomic E-state index is -0.261. The van der Waals surface area contributed by atoms with Crippen LogP contribution in [0, 0.1) is 0 Å². The molecule has 6 nitrogen and oxygen atoms in total. The highest BCUT2D eigenvalue weighted by atomic mass is 16.5. The van der Waals surface area contributed by atoms with Crippen LogP contribution in [0.2, 0.25) is 0 Å². The maximum absolute atomic E-state index is 11.6. The SMILES string of the molecule is CN(C)C(=O)COC[C@H]1CN(Cc2ccc(CO)cc2)CC(C)(C)O1. The van der Waals surface area contributed by atoms with Gasteiger partial charge in [-0.2, -0.15) is 0 Å². The predicted octanol–water partition coefficient (Wildman–Crippen LogP) is 1.26. The van der Waals surface area contributed by atoms with Gasteiger partial charge in [0.2, 0.25) is 5.91 Å². The Labute approximate surface area is 150 Å². The number of amides is 1. The molecule has 1 N–H and O–H groups in total. The van der Waals surface area contributed by atoms with Gasteiger partial charge in [0.25, 0.3) is 0 Å². The largest absolute Gasteiger partial charge is 0.392 e. The number of benzene rings is 1. The molecule has 1 aromatic carbocycles. The third-order valence-electron chi connectivity index (χ3n) is 4.19. The lowest BCUT2D eigenvalue weighted by molar-refractivity contribution is -0.161. The van der Waals surface area contributed by atoms with Gasteiger partial charge in [-0.3, -0.25) is 9.69 Å². The molecular weight excluding hydrogens is 320 g/mol. The smallest absolute Gasteiger partial charge is 0.248 e. The van der Waals surface area contributed by atoms with Crippen molar-refractivity contribution in [3.05, 3.63) is 35.4 Å². The average molecular weight is 350 g/mol. The number of rotatable bonds is 7. The fraction of sp³-hybridized carbons (Fsp3) is 0.632. The normalized spacial score (nSPS) is 20.4. The Morgan fingerprint density at radius 3 is 2.56 bits per heavy atom. The van der Waals surface area contributed by atoms with Crippen LogP contribution in [0.25, 0.3) is 0 Å². The summed E-state index contributed by atoms with van der Waals surface area (Å²) in [6, 6.07) is 8.01. The lowest BCUT2D eigenvalue weighted by atomic mass is 10.0. The highest BCUT2D eigenvalue weighted by Crippen LogP contribution is 2.23. The van der Waals surface area contributed by atoms with Gasteiger partial charge in [-0.15, -0.1) is 0 Å². The second-order valence-electron chi connectivity index (χ2n) is 7.45. The van der Waals surface area contributed by atoms with E-state index in [4.69, 9.17) is 14.6 Å². The molecule has 0 aliphatic carbocycles. The Hall–Kier alpha value is -1.47. The van der Waals surface area contributed by atoms with Gasteiger partial charge in [0.1, 0.15) is 6.61 Å². The zero-order valence-corrected chi connectivity index (χ0v) is 15.7. The van der Waals surface area contributed by atoms with Gasteiger partial charge in [0.15, 0.2) is 0 Å². The number of morpholine rings is 1. The number of hydrogen-bond acceptors (Lipinski definition) is 5. The number of ether oxygens (including phenoxy) is 2. The molecule has 0 saturated carbocycles. The topological polar surface area (TPSA) is 62.2 Å². The quantitative estimate of drug-likeness (QED) is 0.802. The van der Waals surface area contributed by atoms with E-state index in [1.165, 1.54) is 10.5 Å². The highest BCUT2D eigenvalue weighted by molar-refractivity contribution is 5.76. The van der Waals surface area contributed by atoms with E-state index < -0.39 is 0 Å². The molecule has 1 atom stereocenters. The molecule has 25 heavy (non-hydrogen) atoms. The number of nitrogens with zero attached hydrogens (tertiary/aromatic N) is 2. The molecule has 6 heteroatoms. The van der Waals surface area contributed by atoms with E-state index in [9.17, 15) is 4.79 Å². The van der Waals surface area contributed by atoms with Crippen LogP contribution in [0.15, 0.2) is 24.3 Å². The van der Waals surface area contributed by atoms with Crippen molar-refractivity contribution in [3.63, 3.8) is 0 Å². The minimum Gasteiger partial charge on any atom is -0.392 e. The molecule has 1 heterocycles. The highest BCUT2D eigenvalue weighted by Gasteiger charge is 2.33. The summed E-state index contributed by atoms with van der Waals surface area (Å²) < 4.78 is 11.6. The third-order valence-corrected chi connectivity index (χ3v) is 4.19. The summed E-state index contributed by atoms with van der Waals surface area (Å²) in [5, 5.41) is 9.14. The van der Waals surface area contributed by atoms with Gasteiger partial charge in [-0.05, 0) is 25.0 Å². The molecule has 0 aromatic heterocycles. The Balaban J connectivity index is 1.89. The maximum Gasteiger partial charge on any atom is 0.248 e. The summed E-state index contributed by atoms with van der Waals surface area (Å²) in [5.41, 5.74) is 1.86. The van der Waals surface area contributed by atoms with Crippen molar-refractivity contribution in [2.24, 2.45) is 0 Å². The zero-order valence-electron chi connectivity index (χ0n) is 15.7. The Morgan fingerprint density at radius 2 is 1.96 bits per heavy atom. The molecule has 1 amide bonds. The molecule has 0 bridgehead atoms.